The van der Waals surface area contributed by atoms with Crippen LogP contribution in [0.5, 0.6) is 5.75 Å². The number of hydrogen-bond donors (Lipinski definition) is 1. The van der Waals surface area contributed by atoms with Gasteiger partial charge in [-0.05, 0) is 36.9 Å². The van der Waals surface area contributed by atoms with Crippen molar-refractivity contribution in [2.45, 2.75) is 37.9 Å². The summed E-state index contributed by atoms with van der Waals surface area (Å²) in [6.45, 7) is 4.14. The second kappa shape index (κ2) is 9.75. The molecule has 0 saturated heterocycles. The van der Waals surface area contributed by atoms with Crippen LogP contribution in [0.15, 0.2) is 46.9 Å². The van der Waals surface area contributed by atoms with Gasteiger partial charge in [-0.1, -0.05) is 43.3 Å². The van der Waals surface area contributed by atoms with Gasteiger partial charge in [0.25, 0.3) is 0 Å². The topological polar surface area (TPSA) is 69.0 Å². The Kier molecular flexibility index (Phi) is 7.11. The number of amides is 1. The van der Waals surface area contributed by atoms with Crippen molar-refractivity contribution in [1.82, 2.24) is 20.1 Å². The van der Waals surface area contributed by atoms with Crippen molar-refractivity contribution in [2.75, 3.05) is 12.9 Å². The van der Waals surface area contributed by atoms with Crippen molar-refractivity contribution in [2.24, 2.45) is 0 Å². The number of methoxy groups -OCH3 is 1. The number of carbonyl (C=O) groups excluding carboxylic acids is 1. The molecule has 1 unspecified atom stereocenters. The summed E-state index contributed by atoms with van der Waals surface area (Å²) in [6, 6.07) is 11.9. The molecule has 6 nitrogen and oxygen atoms in total. The molecule has 0 spiro atoms. The molecule has 1 N–H and O–H groups in total. The third-order valence-corrected chi connectivity index (χ3v) is 5.96. The van der Waals surface area contributed by atoms with Gasteiger partial charge in [-0.25, -0.2) is 0 Å². The number of ether oxygens (including phenoxy) is 1. The van der Waals surface area contributed by atoms with Gasteiger partial charge in [0.1, 0.15) is 5.75 Å². The Labute approximate surface area is 173 Å². The third-order valence-electron chi connectivity index (χ3n) is 4.16. The monoisotopic (exact) mass is 416 g/mol. The summed E-state index contributed by atoms with van der Waals surface area (Å²) in [4.78, 5) is 13.3. The molecule has 8 heteroatoms. The minimum Gasteiger partial charge on any atom is -0.495 e. The van der Waals surface area contributed by atoms with Crippen molar-refractivity contribution in [3.8, 4) is 22.1 Å². The number of thiophene rings is 1. The fourth-order valence-corrected chi connectivity index (χ4v) is 4.37. The normalized spacial score (nSPS) is 12.0. The Hall–Kier alpha value is -2.32. The maximum absolute atomic E-state index is 12.3. The zero-order valence-electron chi connectivity index (χ0n) is 16.2. The highest BCUT2D eigenvalue weighted by Gasteiger charge is 2.20. The van der Waals surface area contributed by atoms with Crippen molar-refractivity contribution >= 4 is 29.0 Å². The Morgan fingerprint density at radius 3 is 2.82 bits per heavy atom. The van der Waals surface area contributed by atoms with Gasteiger partial charge >= 0.3 is 0 Å². The van der Waals surface area contributed by atoms with Crippen molar-refractivity contribution in [3.63, 3.8) is 0 Å². The van der Waals surface area contributed by atoms with E-state index < -0.39 is 0 Å². The highest BCUT2D eigenvalue weighted by molar-refractivity contribution is 7.99. The molecule has 1 aromatic carbocycles. The molecule has 0 aliphatic rings. The molecule has 1 atom stereocenters. The van der Waals surface area contributed by atoms with Gasteiger partial charge in [-0.2, -0.15) is 0 Å². The number of aromatic nitrogens is 3. The zero-order chi connectivity index (χ0) is 19.9. The number of carbonyl (C=O) groups is 1. The van der Waals surface area contributed by atoms with E-state index in [9.17, 15) is 4.79 Å². The van der Waals surface area contributed by atoms with Gasteiger partial charge in [0, 0.05) is 6.04 Å². The van der Waals surface area contributed by atoms with E-state index in [1.165, 1.54) is 11.8 Å². The summed E-state index contributed by atoms with van der Waals surface area (Å²) in [5.41, 5.74) is 0.848. The van der Waals surface area contributed by atoms with Gasteiger partial charge in [0.2, 0.25) is 5.91 Å². The first-order valence-electron chi connectivity index (χ1n) is 9.18. The molecule has 0 aliphatic carbocycles. The van der Waals surface area contributed by atoms with Gasteiger partial charge in [0.15, 0.2) is 11.0 Å². The number of nitrogens with zero attached hydrogens (tertiary/aromatic N) is 3. The fraction of sp³-hybridized carbons (Fsp3) is 0.350. The molecule has 0 saturated carbocycles. The summed E-state index contributed by atoms with van der Waals surface area (Å²) in [7, 11) is 1.64. The Morgan fingerprint density at radius 1 is 1.29 bits per heavy atom. The number of para-hydroxylation sites is 2. The maximum Gasteiger partial charge on any atom is 0.230 e. The highest BCUT2D eigenvalue weighted by atomic mass is 32.2. The average molecular weight is 417 g/mol. The van der Waals surface area contributed by atoms with Crippen LogP contribution in [0, 0.1) is 0 Å². The van der Waals surface area contributed by atoms with Crippen molar-refractivity contribution < 1.29 is 9.53 Å². The van der Waals surface area contributed by atoms with Crippen LogP contribution in [0.3, 0.4) is 0 Å². The SMILES string of the molecule is CCCC(C)NC(=O)CSc1nnc(-c2cccs2)n1-c1ccccc1OC. The molecule has 148 valence electrons. The van der Waals surface area contributed by atoms with Crippen LogP contribution in [0.4, 0.5) is 0 Å². The fourth-order valence-electron chi connectivity index (χ4n) is 2.91. The Bertz CT molecular complexity index is 909. The van der Waals surface area contributed by atoms with Crippen LogP contribution in [0.2, 0.25) is 0 Å². The minimum absolute atomic E-state index is 0.00167. The lowest BCUT2D eigenvalue weighted by Crippen LogP contribution is -2.33. The van der Waals surface area contributed by atoms with E-state index in [4.69, 9.17) is 4.74 Å². The smallest absolute Gasteiger partial charge is 0.230 e. The molecule has 3 rings (SSSR count). The number of hydrogen-bond acceptors (Lipinski definition) is 6. The van der Waals surface area contributed by atoms with E-state index in [0.717, 1.165) is 35.0 Å². The lowest BCUT2D eigenvalue weighted by Gasteiger charge is -2.14. The lowest BCUT2D eigenvalue weighted by molar-refractivity contribution is -0.119. The van der Waals surface area contributed by atoms with E-state index in [1.54, 1.807) is 18.4 Å². The number of rotatable bonds is 9. The summed E-state index contributed by atoms with van der Waals surface area (Å²) in [5.74, 6) is 1.74. The molecule has 2 aromatic heterocycles. The second-order valence-corrected chi connectivity index (χ2v) is 8.23. The Morgan fingerprint density at radius 2 is 2.11 bits per heavy atom. The van der Waals surface area contributed by atoms with E-state index >= 15 is 0 Å². The molecular weight excluding hydrogens is 392 g/mol. The average Bonchev–Trinajstić information content (AvgIpc) is 3.36. The summed E-state index contributed by atoms with van der Waals surface area (Å²) >= 11 is 2.97. The lowest BCUT2D eigenvalue weighted by atomic mass is 10.2. The molecule has 3 aromatic rings. The first kappa shape index (κ1) is 20.4. The predicted octanol–water partition coefficient (Wildman–Crippen LogP) is 4.40. The van der Waals surface area contributed by atoms with Gasteiger partial charge in [-0.3, -0.25) is 9.36 Å². The van der Waals surface area contributed by atoms with Crippen molar-refractivity contribution in [3.05, 3.63) is 41.8 Å². The number of benzene rings is 1. The maximum atomic E-state index is 12.3. The summed E-state index contributed by atoms with van der Waals surface area (Å²) in [5, 5.41) is 14.4. The molecule has 0 fully saturated rings. The second-order valence-electron chi connectivity index (χ2n) is 6.34. The van der Waals surface area contributed by atoms with E-state index in [1.807, 2.05) is 53.3 Å². The summed E-state index contributed by atoms with van der Waals surface area (Å²) < 4.78 is 7.50. The third kappa shape index (κ3) is 4.74. The standard InChI is InChI=1S/C20H24N4O2S2/c1-4-8-14(2)21-18(25)13-28-20-23-22-19(17-11-7-12-27-17)24(20)15-9-5-6-10-16(15)26-3/h5-7,9-12,14H,4,8,13H2,1-3H3,(H,21,25). The molecular formula is C20H24N4O2S2. The largest absolute Gasteiger partial charge is 0.495 e. The van der Waals surface area contributed by atoms with E-state index in [2.05, 4.69) is 22.4 Å². The molecule has 0 aliphatic heterocycles. The van der Waals surface area contributed by atoms with Crippen LogP contribution in [0.1, 0.15) is 26.7 Å². The minimum atomic E-state index is -0.00167. The predicted molar refractivity (Wildman–Crippen MR) is 114 cm³/mol. The molecule has 2 heterocycles. The van der Waals surface area contributed by atoms with Crippen LogP contribution in [-0.2, 0) is 4.79 Å². The van der Waals surface area contributed by atoms with E-state index in [0.29, 0.717) is 5.16 Å². The van der Waals surface area contributed by atoms with E-state index in [-0.39, 0.29) is 17.7 Å². The van der Waals surface area contributed by atoms with Crippen LogP contribution in [0.25, 0.3) is 16.4 Å². The van der Waals surface area contributed by atoms with Gasteiger partial charge < -0.3 is 10.1 Å². The van der Waals surface area contributed by atoms with Crippen LogP contribution < -0.4 is 10.1 Å². The summed E-state index contributed by atoms with van der Waals surface area (Å²) in [6.07, 6.45) is 2.01. The quantitative estimate of drug-likeness (QED) is 0.524. The molecule has 1 amide bonds. The van der Waals surface area contributed by atoms with Gasteiger partial charge in [0.05, 0.1) is 23.4 Å². The van der Waals surface area contributed by atoms with Gasteiger partial charge in [-0.15, -0.1) is 21.5 Å². The highest BCUT2D eigenvalue weighted by Crippen LogP contribution is 2.33. The number of nitrogens with one attached hydrogen (secondary N) is 1. The van der Waals surface area contributed by atoms with Crippen LogP contribution in [-0.4, -0.2) is 39.6 Å². The van der Waals surface area contributed by atoms with Crippen molar-refractivity contribution in [1.29, 1.82) is 0 Å². The molecule has 0 bridgehead atoms. The molecule has 0 radical (unpaired) electrons. The number of thioether (sulfide) groups is 1. The zero-order valence-corrected chi connectivity index (χ0v) is 17.8. The first-order valence-corrected chi connectivity index (χ1v) is 11.1. The molecule has 28 heavy (non-hydrogen) atoms. The Balaban J connectivity index is 1.89. The first-order chi connectivity index (χ1) is 13.6. The van der Waals surface area contributed by atoms with Crippen LogP contribution >= 0.6 is 23.1 Å².